The first-order chi connectivity index (χ1) is 9.76. The molecule has 0 amide bonds. The lowest BCUT2D eigenvalue weighted by Gasteiger charge is -2.13. The number of rotatable bonds is 3. The van der Waals surface area contributed by atoms with Crippen LogP contribution in [0.15, 0.2) is 40.9 Å². The minimum atomic E-state index is -4.76. The molecule has 0 saturated carbocycles. The molecule has 112 valence electrons. The third-order valence-corrected chi connectivity index (χ3v) is 3.32. The Hall–Kier alpha value is -1.60. The summed E-state index contributed by atoms with van der Waals surface area (Å²) in [6.45, 7) is 0. The molecule has 0 aliphatic rings. The number of hydrogen-bond acceptors (Lipinski definition) is 3. The van der Waals surface area contributed by atoms with E-state index in [-0.39, 0.29) is 21.7 Å². The predicted octanol–water partition coefficient (Wildman–Crippen LogP) is 5.38. The minimum absolute atomic E-state index is 0.0953. The number of benzene rings is 2. The number of nitrogens with two attached hydrogens (primary N) is 1. The van der Waals surface area contributed by atoms with E-state index in [1.165, 1.54) is 12.1 Å². The molecule has 3 nitrogen and oxygen atoms in total. The number of ether oxygens (including phenoxy) is 2. The Morgan fingerprint density at radius 3 is 2.43 bits per heavy atom. The van der Waals surface area contributed by atoms with Crippen molar-refractivity contribution < 1.29 is 22.6 Å². The van der Waals surface area contributed by atoms with Gasteiger partial charge in [0.2, 0.25) is 0 Å². The van der Waals surface area contributed by atoms with Crippen LogP contribution in [0.3, 0.4) is 0 Å². The summed E-state index contributed by atoms with van der Waals surface area (Å²) in [6, 6.07) is 8.63. The third-order valence-electron chi connectivity index (χ3n) is 2.37. The molecular formula is C13H8BrClF3NO2. The zero-order chi connectivity index (χ0) is 15.6. The van der Waals surface area contributed by atoms with Gasteiger partial charge in [0.15, 0.2) is 5.75 Å². The van der Waals surface area contributed by atoms with Crippen molar-refractivity contribution >= 4 is 33.2 Å². The monoisotopic (exact) mass is 381 g/mol. The Bertz CT molecular complexity index is 664. The number of nitrogen functional groups attached to an aromatic ring is 1. The van der Waals surface area contributed by atoms with Crippen LogP contribution in [-0.2, 0) is 0 Å². The highest BCUT2D eigenvalue weighted by atomic mass is 79.9. The highest BCUT2D eigenvalue weighted by molar-refractivity contribution is 9.10. The maximum atomic E-state index is 12.2. The van der Waals surface area contributed by atoms with Crippen molar-refractivity contribution in [1.29, 1.82) is 0 Å². The van der Waals surface area contributed by atoms with Crippen LogP contribution < -0.4 is 15.2 Å². The summed E-state index contributed by atoms with van der Waals surface area (Å²) in [6.07, 6.45) is -4.76. The van der Waals surface area contributed by atoms with E-state index >= 15 is 0 Å². The fourth-order valence-electron chi connectivity index (χ4n) is 1.49. The first-order valence-electron chi connectivity index (χ1n) is 5.53. The fourth-order valence-corrected chi connectivity index (χ4v) is 2.09. The molecule has 0 bridgehead atoms. The second-order valence-electron chi connectivity index (χ2n) is 3.89. The highest BCUT2D eigenvalue weighted by Gasteiger charge is 2.32. The Morgan fingerprint density at radius 2 is 1.81 bits per heavy atom. The van der Waals surface area contributed by atoms with Crippen LogP contribution in [0.5, 0.6) is 17.2 Å². The van der Waals surface area contributed by atoms with Crippen molar-refractivity contribution in [2.45, 2.75) is 6.36 Å². The molecule has 0 aliphatic carbocycles. The molecule has 0 radical (unpaired) electrons. The number of para-hydroxylation sites is 1. The first-order valence-corrected chi connectivity index (χ1v) is 6.70. The molecule has 0 heterocycles. The smallest absolute Gasteiger partial charge is 0.455 e. The van der Waals surface area contributed by atoms with Gasteiger partial charge in [-0.05, 0) is 46.3 Å². The molecule has 0 spiro atoms. The molecule has 8 heteroatoms. The Morgan fingerprint density at radius 1 is 1.10 bits per heavy atom. The van der Waals surface area contributed by atoms with Gasteiger partial charge in [0, 0.05) is 0 Å². The average molecular weight is 383 g/mol. The van der Waals surface area contributed by atoms with Crippen LogP contribution in [0.2, 0.25) is 5.02 Å². The van der Waals surface area contributed by atoms with Crippen LogP contribution in [0.25, 0.3) is 0 Å². The van der Waals surface area contributed by atoms with Gasteiger partial charge in [-0.15, -0.1) is 13.2 Å². The molecule has 0 unspecified atom stereocenters. The summed E-state index contributed by atoms with van der Waals surface area (Å²) >= 11 is 8.83. The minimum Gasteiger partial charge on any atom is -0.455 e. The van der Waals surface area contributed by atoms with E-state index in [0.717, 1.165) is 6.07 Å². The Balaban J connectivity index is 2.23. The van der Waals surface area contributed by atoms with E-state index < -0.39 is 6.36 Å². The van der Waals surface area contributed by atoms with Crippen molar-refractivity contribution in [2.24, 2.45) is 0 Å². The average Bonchev–Trinajstić information content (AvgIpc) is 2.37. The molecule has 0 saturated heterocycles. The van der Waals surface area contributed by atoms with Crippen LogP contribution >= 0.6 is 27.5 Å². The predicted molar refractivity (Wildman–Crippen MR) is 76.8 cm³/mol. The lowest BCUT2D eigenvalue weighted by molar-refractivity contribution is -0.274. The van der Waals surface area contributed by atoms with Crippen molar-refractivity contribution in [3.63, 3.8) is 0 Å². The lowest BCUT2D eigenvalue weighted by atomic mass is 10.3. The standard InChI is InChI=1S/C13H8BrClF3NO2/c14-8-6-7(4-5-10(8)21-13(16,17)18)20-11-3-1-2-9(15)12(11)19/h1-6H,19H2. The molecule has 21 heavy (non-hydrogen) atoms. The quantitative estimate of drug-likeness (QED) is 0.725. The van der Waals surface area contributed by atoms with Gasteiger partial charge in [-0.3, -0.25) is 0 Å². The molecule has 0 fully saturated rings. The molecule has 2 aromatic rings. The summed E-state index contributed by atoms with van der Waals surface area (Å²) in [4.78, 5) is 0. The van der Waals surface area contributed by atoms with Crippen LogP contribution in [0, 0.1) is 0 Å². The lowest BCUT2D eigenvalue weighted by Crippen LogP contribution is -2.17. The molecule has 2 N–H and O–H groups in total. The van der Waals surface area contributed by atoms with Gasteiger partial charge < -0.3 is 15.2 Å². The maximum Gasteiger partial charge on any atom is 0.573 e. The zero-order valence-electron chi connectivity index (χ0n) is 10.2. The van der Waals surface area contributed by atoms with E-state index in [9.17, 15) is 13.2 Å². The van der Waals surface area contributed by atoms with Gasteiger partial charge in [-0.25, -0.2) is 0 Å². The fraction of sp³-hybridized carbons (Fsp3) is 0.0769. The van der Waals surface area contributed by atoms with Gasteiger partial charge in [0.1, 0.15) is 11.5 Å². The number of halogens is 5. The number of hydrogen-bond donors (Lipinski definition) is 1. The zero-order valence-corrected chi connectivity index (χ0v) is 12.6. The second-order valence-corrected chi connectivity index (χ2v) is 5.16. The van der Waals surface area contributed by atoms with E-state index in [4.69, 9.17) is 22.1 Å². The molecule has 0 atom stereocenters. The number of anilines is 1. The molecule has 0 aromatic heterocycles. The van der Waals surface area contributed by atoms with Gasteiger partial charge in [-0.1, -0.05) is 17.7 Å². The van der Waals surface area contributed by atoms with Crippen molar-refractivity contribution in [3.05, 3.63) is 45.9 Å². The van der Waals surface area contributed by atoms with E-state index in [2.05, 4.69) is 20.7 Å². The van der Waals surface area contributed by atoms with Crippen LogP contribution in [-0.4, -0.2) is 6.36 Å². The van der Waals surface area contributed by atoms with E-state index in [1.807, 2.05) is 0 Å². The van der Waals surface area contributed by atoms with Crippen molar-refractivity contribution in [2.75, 3.05) is 5.73 Å². The number of alkyl halides is 3. The SMILES string of the molecule is Nc1c(Cl)cccc1Oc1ccc(OC(F)(F)F)c(Br)c1. The van der Waals surface area contributed by atoms with Crippen LogP contribution in [0.1, 0.15) is 0 Å². The summed E-state index contributed by atoms with van der Waals surface area (Å²) in [7, 11) is 0. The van der Waals surface area contributed by atoms with Crippen molar-refractivity contribution in [1.82, 2.24) is 0 Å². The normalized spacial score (nSPS) is 11.3. The molecule has 2 rings (SSSR count). The largest absolute Gasteiger partial charge is 0.573 e. The molecular weight excluding hydrogens is 374 g/mol. The summed E-state index contributed by atoms with van der Waals surface area (Å²) in [5, 5.41) is 0.323. The van der Waals surface area contributed by atoms with E-state index in [0.29, 0.717) is 10.8 Å². The molecule has 2 aromatic carbocycles. The Kier molecular flexibility index (Phi) is 4.53. The topological polar surface area (TPSA) is 44.5 Å². The summed E-state index contributed by atoms with van der Waals surface area (Å²) in [5.41, 5.74) is 5.98. The van der Waals surface area contributed by atoms with Gasteiger partial charge in [0.05, 0.1) is 15.2 Å². The summed E-state index contributed by atoms with van der Waals surface area (Å²) in [5.74, 6) is 0.221. The highest BCUT2D eigenvalue weighted by Crippen LogP contribution is 2.37. The van der Waals surface area contributed by atoms with Crippen molar-refractivity contribution in [3.8, 4) is 17.2 Å². The van der Waals surface area contributed by atoms with E-state index in [1.54, 1.807) is 18.2 Å². The first kappa shape index (κ1) is 15.8. The van der Waals surface area contributed by atoms with Gasteiger partial charge in [-0.2, -0.15) is 0 Å². The maximum absolute atomic E-state index is 12.2. The van der Waals surface area contributed by atoms with Gasteiger partial charge >= 0.3 is 6.36 Å². The summed E-state index contributed by atoms with van der Waals surface area (Å²) < 4.78 is 45.9. The second kappa shape index (κ2) is 6.03. The van der Waals surface area contributed by atoms with Gasteiger partial charge in [0.25, 0.3) is 0 Å². The van der Waals surface area contributed by atoms with Crippen LogP contribution in [0.4, 0.5) is 18.9 Å². The third kappa shape index (κ3) is 4.18. The Labute approximate surface area is 131 Å². The molecule has 0 aliphatic heterocycles.